The number of amidine groups is 1. The lowest BCUT2D eigenvalue weighted by Gasteiger charge is -2.36. The highest BCUT2D eigenvalue weighted by molar-refractivity contribution is 5.99. The molecule has 1 aromatic carbocycles. The molecule has 5 rings (SSSR count). The van der Waals surface area contributed by atoms with Gasteiger partial charge in [-0.25, -0.2) is 19.0 Å². The first-order valence-corrected chi connectivity index (χ1v) is 13.4. The Morgan fingerprint density at radius 2 is 1.76 bits per heavy atom. The summed E-state index contributed by atoms with van der Waals surface area (Å²) in [6, 6.07) is 8.09. The molecule has 3 N–H and O–H groups in total. The number of rotatable bonds is 8. The minimum Gasteiger partial charge on any atom is -0.394 e. The van der Waals surface area contributed by atoms with E-state index in [9.17, 15) is 9.50 Å². The van der Waals surface area contributed by atoms with Crippen molar-refractivity contribution in [2.45, 2.75) is 25.4 Å². The minimum atomic E-state index is -0.847. The number of aliphatic hydroxyl groups is 1. The van der Waals surface area contributed by atoms with Crippen LogP contribution in [0.3, 0.4) is 0 Å². The predicted octanol–water partition coefficient (Wildman–Crippen LogP) is 2.72. The number of hydrogen-bond donors (Lipinski definition) is 2. The number of nitrogens with zero attached hydrogens (tertiary/aromatic N) is 9. The number of halogens is 1. The normalized spacial score (nSPS) is 16.5. The zero-order valence-electron chi connectivity index (χ0n) is 23.5. The molecule has 0 radical (unpaired) electrons. The van der Waals surface area contributed by atoms with E-state index < -0.39 is 5.54 Å². The molecule has 41 heavy (non-hydrogen) atoms. The van der Waals surface area contributed by atoms with Crippen LogP contribution in [0.25, 0.3) is 11.1 Å². The van der Waals surface area contributed by atoms with Crippen molar-refractivity contribution in [1.82, 2.24) is 29.3 Å². The first-order valence-electron chi connectivity index (χ1n) is 13.4. The Morgan fingerprint density at radius 1 is 1.07 bits per heavy atom. The third-order valence-corrected chi connectivity index (χ3v) is 7.59. The quantitative estimate of drug-likeness (QED) is 0.252. The second-order valence-electron chi connectivity index (χ2n) is 10.3. The molecule has 0 bridgehead atoms. The molecule has 1 fully saturated rings. The third-order valence-electron chi connectivity index (χ3n) is 7.59. The van der Waals surface area contributed by atoms with Gasteiger partial charge in [-0.15, -0.1) is 0 Å². The zero-order chi connectivity index (χ0) is 29.1. The Kier molecular flexibility index (Phi) is 7.95. The zero-order valence-corrected chi connectivity index (χ0v) is 23.5. The number of aromatic nitrogens is 5. The van der Waals surface area contributed by atoms with Crippen LogP contribution in [0.2, 0.25) is 0 Å². The number of aliphatic imine (C=N–C) groups is 1. The molecule has 0 aliphatic carbocycles. The van der Waals surface area contributed by atoms with Crippen molar-refractivity contribution in [2.75, 3.05) is 44.7 Å². The molecular weight excluding hydrogens is 523 g/mol. The molecule has 3 aromatic heterocycles. The summed E-state index contributed by atoms with van der Waals surface area (Å²) in [5.41, 5.74) is 9.95. The van der Waals surface area contributed by atoms with Crippen molar-refractivity contribution < 1.29 is 9.50 Å². The predicted molar refractivity (Wildman–Crippen MR) is 158 cm³/mol. The first kappa shape index (κ1) is 28.1. The number of anilines is 1. The maximum atomic E-state index is 13.4. The van der Waals surface area contributed by atoms with Crippen LogP contribution in [-0.4, -0.2) is 86.8 Å². The molecule has 4 aromatic rings. The minimum absolute atomic E-state index is 0.0117. The van der Waals surface area contributed by atoms with Crippen LogP contribution in [-0.2, 0) is 5.54 Å². The van der Waals surface area contributed by atoms with Crippen molar-refractivity contribution in [2.24, 2.45) is 15.8 Å². The summed E-state index contributed by atoms with van der Waals surface area (Å²) in [5.74, 6) is 1.14. The van der Waals surface area contributed by atoms with Gasteiger partial charge in [-0.05, 0) is 37.6 Å². The standard InChI is InChI=1S/C29H35FN10O/c1-20(19-41)39-18-22(14-36-39)21-13-26(40(17-21)33-4)27(32-3)37-9-11-38(12-10-37)28-34-15-24(16-35-28)29(2,31)23-5-7-25(30)8-6-23/h5-8,13-18,20,41H,4,9-12,19,31H2,1-3H3/b32-27+/t20-,29-/m0/s1. The summed E-state index contributed by atoms with van der Waals surface area (Å²) < 4.78 is 16.8. The van der Waals surface area contributed by atoms with E-state index in [1.165, 1.54) is 12.1 Å². The Labute approximate surface area is 238 Å². The van der Waals surface area contributed by atoms with Crippen LogP contribution < -0.4 is 10.6 Å². The van der Waals surface area contributed by atoms with E-state index in [0.717, 1.165) is 33.8 Å². The SMILES string of the molecule is C=Nn1cc(-c2cnn([C@@H](C)CO)c2)cc1/C(=N\C)N1CCN(c2ncc([C@@](C)(N)c3ccc(F)cc3)cn2)CC1. The number of aliphatic hydroxyl groups excluding tert-OH is 1. The molecule has 2 atom stereocenters. The summed E-state index contributed by atoms with van der Waals surface area (Å²) in [6.07, 6.45) is 9.07. The number of nitrogens with two attached hydrogens (primary N) is 1. The van der Waals surface area contributed by atoms with E-state index in [1.54, 1.807) is 47.1 Å². The van der Waals surface area contributed by atoms with Crippen LogP contribution in [0, 0.1) is 5.82 Å². The van der Waals surface area contributed by atoms with Gasteiger partial charge in [-0.1, -0.05) is 12.1 Å². The van der Waals surface area contributed by atoms with E-state index in [1.807, 2.05) is 32.3 Å². The Balaban J connectivity index is 1.27. The molecule has 0 saturated carbocycles. The topological polar surface area (TPSA) is 126 Å². The molecule has 214 valence electrons. The molecule has 1 saturated heterocycles. The average Bonchev–Trinajstić information content (AvgIpc) is 3.66. The second kappa shape index (κ2) is 11.6. The lowest BCUT2D eigenvalue weighted by molar-refractivity contribution is 0.230. The fraction of sp³-hybridized carbons (Fsp3) is 0.345. The molecule has 11 nitrogen and oxygen atoms in total. The molecule has 1 aliphatic rings. The van der Waals surface area contributed by atoms with Crippen molar-refractivity contribution in [3.8, 4) is 11.1 Å². The van der Waals surface area contributed by atoms with Crippen LogP contribution in [0.5, 0.6) is 0 Å². The molecule has 12 heteroatoms. The summed E-state index contributed by atoms with van der Waals surface area (Å²) >= 11 is 0. The summed E-state index contributed by atoms with van der Waals surface area (Å²) in [5, 5.41) is 18.0. The van der Waals surface area contributed by atoms with Gasteiger partial charge in [0.15, 0.2) is 0 Å². The first-order chi connectivity index (χ1) is 19.7. The van der Waals surface area contributed by atoms with E-state index >= 15 is 0 Å². The summed E-state index contributed by atoms with van der Waals surface area (Å²) in [4.78, 5) is 18.2. The highest BCUT2D eigenvalue weighted by Gasteiger charge is 2.27. The molecule has 0 spiro atoms. The molecule has 0 amide bonds. The van der Waals surface area contributed by atoms with Gasteiger partial charge >= 0.3 is 0 Å². The monoisotopic (exact) mass is 558 g/mol. The number of piperazine rings is 1. The van der Waals surface area contributed by atoms with Crippen molar-refractivity contribution in [1.29, 1.82) is 0 Å². The lowest BCUT2D eigenvalue weighted by Crippen LogP contribution is -2.49. The highest BCUT2D eigenvalue weighted by atomic mass is 19.1. The summed E-state index contributed by atoms with van der Waals surface area (Å²) in [7, 11) is 1.77. The lowest BCUT2D eigenvalue weighted by atomic mass is 9.87. The van der Waals surface area contributed by atoms with Crippen molar-refractivity contribution in [3.05, 3.63) is 84.0 Å². The highest BCUT2D eigenvalue weighted by Crippen LogP contribution is 2.27. The molecular formula is C29H35FN10O. The van der Waals surface area contributed by atoms with Gasteiger partial charge in [-0.3, -0.25) is 9.67 Å². The maximum absolute atomic E-state index is 13.4. The van der Waals surface area contributed by atoms with Crippen LogP contribution in [0.15, 0.2) is 71.4 Å². The van der Waals surface area contributed by atoms with Crippen molar-refractivity contribution in [3.63, 3.8) is 0 Å². The largest absolute Gasteiger partial charge is 0.394 e. The van der Waals surface area contributed by atoms with Crippen LogP contribution in [0.1, 0.15) is 36.7 Å². The van der Waals surface area contributed by atoms with Crippen LogP contribution >= 0.6 is 0 Å². The Bertz CT molecular complexity index is 1520. The van der Waals surface area contributed by atoms with E-state index in [0.29, 0.717) is 32.1 Å². The fourth-order valence-electron chi connectivity index (χ4n) is 4.96. The molecule has 0 unspecified atom stereocenters. The smallest absolute Gasteiger partial charge is 0.225 e. The van der Waals surface area contributed by atoms with Gasteiger partial charge in [0.25, 0.3) is 0 Å². The second-order valence-corrected chi connectivity index (χ2v) is 10.3. The van der Waals surface area contributed by atoms with Crippen LogP contribution in [0.4, 0.5) is 10.3 Å². The molecule has 4 heterocycles. The van der Waals surface area contributed by atoms with Gasteiger partial charge in [0, 0.05) is 81.4 Å². The third kappa shape index (κ3) is 5.61. The fourth-order valence-corrected chi connectivity index (χ4v) is 4.96. The van der Waals surface area contributed by atoms with Gasteiger partial charge in [0.2, 0.25) is 5.95 Å². The van der Waals surface area contributed by atoms with E-state index in [2.05, 4.69) is 41.7 Å². The Morgan fingerprint density at radius 3 is 2.37 bits per heavy atom. The number of benzene rings is 1. The van der Waals surface area contributed by atoms with Gasteiger partial charge in [0.1, 0.15) is 17.3 Å². The average molecular weight is 559 g/mol. The Hall–Kier alpha value is -4.42. The van der Waals surface area contributed by atoms with Gasteiger partial charge in [-0.2, -0.15) is 10.2 Å². The van der Waals surface area contributed by atoms with E-state index in [-0.39, 0.29) is 18.5 Å². The van der Waals surface area contributed by atoms with Gasteiger partial charge < -0.3 is 20.6 Å². The van der Waals surface area contributed by atoms with Gasteiger partial charge in [0.05, 0.1) is 24.4 Å². The van der Waals surface area contributed by atoms with Crippen molar-refractivity contribution >= 4 is 18.5 Å². The van der Waals surface area contributed by atoms with E-state index in [4.69, 9.17) is 5.73 Å². The maximum Gasteiger partial charge on any atom is 0.225 e. The molecule has 1 aliphatic heterocycles. The number of hydrogen-bond acceptors (Lipinski definition) is 8. The summed E-state index contributed by atoms with van der Waals surface area (Å²) in [6.45, 7) is 10.4.